The van der Waals surface area contributed by atoms with Gasteiger partial charge in [-0.15, -0.1) is 0 Å². The Balaban J connectivity index is 3.68. The number of aliphatic hydroxyl groups excluding tert-OH is 2. The number of hydrogen-bond donors (Lipinski definition) is 3. The minimum absolute atomic E-state index is 0.241. The van der Waals surface area contributed by atoms with Crippen molar-refractivity contribution in [3.63, 3.8) is 0 Å². The fraction of sp³-hybridized carbons (Fsp3) is 0.973. The van der Waals surface area contributed by atoms with Crippen LogP contribution in [-0.2, 0) is 4.79 Å². The van der Waals surface area contributed by atoms with E-state index >= 15 is 0 Å². The number of ketones is 1. The van der Waals surface area contributed by atoms with Crippen LogP contribution in [0.1, 0.15) is 213 Å². The molecule has 4 nitrogen and oxygen atoms in total. The van der Waals surface area contributed by atoms with Gasteiger partial charge in [-0.05, 0) is 12.8 Å². The molecule has 0 bridgehead atoms. The summed E-state index contributed by atoms with van der Waals surface area (Å²) in [4.78, 5) is 12.6. The summed E-state index contributed by atoms with van der Waals surface area (Å²) in [5, 5.41) is 31.0. The summed E-state index contributed by atoms with van der Waals surface area (Å²) in [7, 11) is 0. The highest BCUT2D eigenvalue weighted by Crippen LogP contribution is 2.22. The molecular formula is C37H74O4. The normalized spacial score (nSPS) is 13.9. The van der Waals surface area contributed by atoms with Crippen molar-refractivity contribution in [3.8, 4) is 0 Å². The number of unbranched alkanes of at least 4 members (excludes halogenated alkanes) is 27. The maximum Gasteiger partial charge on any atom is 0.171 e. The molecule has 0 aromatic heterocycles. The largest absolute Gasteiger partial charge is 0.393 e. The van der Waals surface area contributed by atoms with Crippen molar-refractivity contribution in [2.45, 2.75) is 225 Å². The molecule has 0 aliphatic heterocycles. The van der Waals surface area contributed by atoms with Crippen molar-refractivity contribution < 1.29 is 20.1 Å². The van der Waals surface area contributed by atoms with Gasteiger partial charge in [-0.2, -0.15) is 0 Å². The Kier molecular flexibility index (Phi) is 30.6. The van der Waals surface area contributed by atoms with E-state index in [1.54, 1.807) is 0 Å². The van der Waals surface area contributed by atoms with Crippen LogP contribution in [0.4, 0.5) is 0 Å². The molecule has 0 heterocycles. The second kappa shape index (κ2) is 31.0. The third-order valence-corrected chi connectivity index (χ3v) is 9.11. The zero-order chi connectivity index (χ0) is 30.3. The quantitative estimate of drug-likeness (QED) is 0.0659. The summed E-state index contributed by atoms with van der Waals surface area (Å²) in [6, 6.07) is 0. The first-order chi connectivity index (χ1) is 20.0. The molecule has 3 N–H and O–H groups in total. The zero-order valence-corrected chi connectivity index (χ0v) is 28.0. The van der Waals surface area contributed by atoms with Crippen LogP contribution in [0, 0.1) is 0 Å². The van der Waals surface area contributed by atoms with Gasteiger partial charge in [0.05, 0.1) is 12.7 Å². The molecule has 0 aromatic rings. The van der Waals surface area contributed by atoms with E-state index in [1.165, 1.54) is 148 Å². The van der Waals surface area contributed by atoms with E-state index in [0.717, 1.165) is 38.5 Å². The smallest absolute Gasteiger partial charge is 0.171 e. The topological polar surface area (TPSA) is 77.8 Å². The van der Waals surface area contributed by atoms with Crippen molar-refractivity contribution in [1.82, 2.24) is 0 Å². The Bertz CT molecular complexity index is 537. The van der Waals surface area contributed by atoms with E-state index in [1.807, 2.05) is 0 Å². The molecule has 0 amide bonds. The monoisotopic (exact) mass is 583 g/mol. The van der Waals surface area contributed by atoms with Crippen LogP contribution in [-0.4, -0.2) is 39.4 Å². The standard InChI is InChI=1S/C37H74O4/c1-3-5-7-9-11-13-15-17-19-21-23-25-27-29-31-33-36(40)37(41,34-38)35(39)32-30-28-26-24-22-20-18-16-14-12-10-8-6-4-2/h35,38-39,41H,3-34H2,1-2H3. The van der Waals surface area contributed by atoms with E-state index < -0.39 is 24.1 Å². The second-order valence-corrected chi connectivity index (χ2v) is 13.1. The van der Waals surface area contributed by atoms with Crippen LogP contribution in [0.5, 0.6) is 0 Å². The number of Topliss-reactive ketones (excluding diaryl/α,β-unsaturated/α-hetero) is 1. The van der Waals surface area contributed by atoms with Gasteiger partial charge in [0.2, 0.25) is 0 Å². The van der Waals surface area contributed by atoms with E-state index in [0.29, 0.717) is 6.42 Å². The van der Waals surface area contributed by atoms with Crippen molar-refractivity contribution in [1.29, 1.82) is 0 Å². The highest BCUT2D eigenvalue weighted by atomic mass is 16.4. The molecule has 2 atom stereocenters. The Morgan fingerprint density at radius 1 is 0.488 bits per heavy atom. The minimum atomic E-state index is -1.99. The van der Waals surface area contributed by atoms with Gasteiger partial charge in [-0.1, -0.05) is 194 Å². The van der Waals surface area contributed by atoms with Gasteiger partial charge in [0, 0.05) is 6.42 Å². The highest BCUT2D eigenvalue weighted by molar-refractivity contribution is 5.87. The number of rotatable bonds is 34. The highest BCUT2D eigenvalue weighted by Gasteiger charge is 2.41. The molecule has 0 radical (unpaired) electrons. The van der Waals surface area contributed by atoms with Gasteiger partial charge >= 0.3 is 0 Å². The van der Waals surface area contributed by atoms with Crippen LogP contribution in [0.15, 0.2) is 0 Å². The average Bonchev–Trinajstić information content (AvgIpc) is 2.98. The summed E-state index contributed by atoms with van der Waals surface area (Å²) >= 11 is 0. The number of hydrogen-bond acceptors (Lipinski definition) is 4. The van der Waals surface area contributed by atoms with Crippen molar-refractivity contribution >= 4 is 5.78 Å². The fourth-order valence-corrected chi connectivity index (χ4v) is 6.02. The molecule has 0 aromatic carbocycles. The van der Waals surface area contributed by atoms with Crippen LogP contribution >= 0.6 is 0 Å². The second-order valence-electron chi connectivity index (χ2n) is 13.1. The van der Waals surface area contributed by atoms with E-state index in [9.17, 15) is 20.1 Å². The molecule has 0 saturated carbocycles. The van der Waals surface area contributed by atoms with Gasteiger partial charge in [0.25, 0.3) is 0 Å². The number of carbonyl (C=O) groups excluding carboxylic acids is 1. The molecule has 0 spiro atoms. The van der Waals surface area contributed by atoms with Crippen molar-refractivity contribution in [2.75, 3.05) is 6.61 Å². The molecule has 2 unspecified atom stereocenters. The Morgan fingerprint density at radius 2 is 0.756 bits per heavy atom. The SMILES string of the molecule is CCCCCCCCCCCCCCCCCC(=O)C(O)(CO)C(O)CCCCCCCCCCCCCCCC. The Labute approximate surface area is 256 Å². The van der Waals surface area contributed by atoms with Crippen LogP contribution < -0.4 is 0 Å². The summed E-state index contributed by atoms with van der Waals surface area (Å²) in [6.07, 6.45) is 36.2. The predicted octanol–water partition coefficient (Wildman–Crippen LogP) is 10.8. The Hall–Kier alpha value is -0.450. The van der Waals surface area contributed by atoms with E-state index in [4.69, 9.17) is 0 Å². The van der Waals surface area contributed by atoms with Gasteiger partial charge in [0.1, 0.15) is 0 Å². The molecule has 0 aliphatic rings. The average molecular weight is 583 g/mol. The summed E-state index contributed by atoms with van der Waals surface area (Å²) in [5.74, 6) is -0.396. The lowest BCUT2D eigenvalue weighted by molar-refractivity contribution is -0.158. The van der Waals surface area contributed by atoms with Gasteiger partial charge in [-0.3, -0.25) is 4.79 Å². The zero-order valence-electron chi connectivity index (χ0n) is 28.0. The maximum absolute atomic E-state index is 12.6. The number of aliphatic hydroxyl groups is 3. The van der Waals surface area contributed by atoms with E-state index in [2.05, 4.69) is 13.8 Å². The number of carbonyl (C=O) groups is 1. The van der Waals surface area contributed by atoms with Crippen molar-refractivity contribution in [3.05, 3.63) is 0 Å². The molecule has 246 valence electrons. The molecular weight excluding hydrogens is 508 g/mol. The summed E-state index contributed by atoms with van der Waals surface area (Å²) in [5.41, 5.74) is -1.99. The summed E-state index contributed by atoms with van der Waals surface area (Å²) in [6.45, 7) is 3.84. The minimum Gasteiger partial charge on any atom is -0.393 e. The van der Waals surface area contributed by atoms with Crippen LogP contribution in [0.2, 0.25) is 0 Å². The molecule has 41 heavy (non-hydrogen) atoms. The molecule has 0 saturated heterocycles. The fourth-order valence-electron chi connectivity index (χ4n) is 6.02. The predicted molar refractivity (Wildman–Crippen MR) is 178 cm³/mol. The van der Waals surface area contributed by atoms with E-state index in [-0.39, 0.29) is 6.42 Å². The first-order valence-corrected chi connectivity index (χ1v) is 18.6. The molecule has 0 fully saturated rings. The first kappa shape index (κ1) is 40.5. The van der Waals surface area contributed by atoms with Gasteiger partial charge in [-0.25, -0.2) is 0 Å². The summed E-state index contributed by atoms with van der Waals surface area (Å²) < 4.78 is 0. The lowest BCUT2D eigenvalue weighted by Gasteiger charge is -2.30. The van der Waals surface area contributed by atoms with Crippen LogP contribution in [0.3, 0.4) is 0 Å². The Morgan fingerprint density at radius 3 is 1.05 bits per heavy atom. The molecule has 4 heteroatoms. The van der Waals surface area contributed by atoms with Gasteiger partial charge < -0.3 is 15.3 Å². The third kappa shape index (κ3) is 24.7. The first-order valence-electron chi connectivity index (χ1n) is 18.6. The van der Waals surface area contributed by atoms with Crippen LogP contribution in [0.25, 0.3) is 0 Å². The molecule has 0 rings (SSSR count). The third-order valence-electron chi connectivity index (χ3n) is 9.11. The maximum atomic E-state index is 12.6. The van der Waals surface area contributed by atoms with Crippen molar-refractivity contribution in [2.24, 2.45) is 0 Å². The van der Waals surface area contributed by atoms with Gasteiger partial charge in [0.15, 0.2) is 11.4 Å². The lowest BCUT2D eigenvalue weighted by Crippen LogP contribution is -2.52. The lowest BCUT2D eigenvalue weighted by atomic mass is 9.86. The molecule has 0 aliphatic carbocycles.